The van der Waals surface area contributed by atoms with Gasteiger partial charge in [-0.2, -0.15) is 0 Å². The van der Waals surface area contributed by atoms with Crippen molar-refractivity contribution in [3.63, 3.8) is 0 Å². The lowest BCUT2D eigenvalue weighted by molar-refractivity contribution is -0.151. The number of hydrogen-bond donors (Lipinski definition) is 0. The zero-order valence-electron chi connectivity index (χ0n) is 13.9. The number of morpholine rings is 1. The SMILES string of the molecule is CC1=CC(=O)C(C(=O)/C=C/c2ccc(N3CCOCC3)cc2)C(=O)O1. The predicted octanol–water partition coefficient (Wildman–Crippen LogP) is 1.75. The Morgan fingerprint density at radius 3 is 2.48 bits per heavy atom. The molecule has 2 heterocycles. The number of carbonyl (C=O) groups is 3. The van der Waals surface area contributed by atoms with Crippen LogP contribution in [0.25, 0.3) is 6.08 Å². The van der Waals surface area contributed by atoms with Gasteiger partial charge in [0.05, 0.1) is 13.2 Å². The van der Waals surface area contributed by atoms with Crippen LogP contribution in [-0.4, -0.2) is 43.8 Å². The summed E-state index contributed by atoms with van der Waals surface area (Å²) < 4.78 is 10.2. The number of esters is 1. The van der Waals surface area contributed by atoms with E-state index in [1.807, 2.05) is 24.3 Å². The van der Waals surface area contributed by atoms with Crippen LogP contribution in [0.15, 0.2) is 42.2 Å². The van der Waals surface area contributed by atoms with E-state index in [-0.39, 0.29) is 5.76 Å². The summed E-state index contributed by atoms with van der Waals surface area (Å²) in [6, 6.07) is 7.72. The Balaban J connectivity index is 1.66. The van der Waals surface area contributed by atoms with E-state index in [4.69, 9.17) is 9.47 Å². The Hall–Kier alpha value is -2.73. The second-order valence-corrected chi connectivity index (χ2v) is 5.94. The van der Waals surface area contributed by atoms with Crippen molar-refractivity contribution < 1.29 is 23.9 Å². The first-order valence-corrected chi connectivity index (χ1v) is 8.13. The molecule has 2 aliphatic heterocycles. The highest BCUT2D eigenvalue weighted by atomic mass is 16.5. The van der Waals surface area contributed by atoms with E-state index in [0.717, 1.165) is 37.6 Å². The number of hydrogen-bond acceptors (Lipinski definition) is 6. The number of carbonyl (C=O) groups excluding carboxylic acids is 3. The molecule has 6 nitrogen and oxygen atoms in total. The van der Waals surface area contributed by atoms with Crippen LogP contribution in [0.3, 0.4) is 0 Å². The van der Waals surface area contributed by atoms with Crippen molar-refractivity contribution in [2.75, 3.05) is 31.2 Å². The van der Waals surface area contributed by atoms with E-state index in [9.17, 15) is 14.4 Å². The maximum absolute atomic E-state index is 12.2. The highest BCUT2D eigenvalue weighted by molar-refractivity contribution is 6.25. The number of rotatable bonds is 4. The molecular weight excluding hydrogens is 322 g/mol. The van der Waals surface area contributed by atoms with Gasteiger partial charge in [0, 0.05) is 24.9 Å². The van der Waals surface area contributed by atoms with Crippen LogP contribution in [-0.2, 0) is 23.9 Å². The molecule has 3 rings (SSSR count). The van der Waals surface area contributed by atoms with Gasteiger partial charge in [-0.15, -0.1) is 0 Å². The second-order valence-electron chi connectivity index (χ2n) is 5.94. The molecule has 2 aliphatic rings. The Kier molecular flexibility index (Phi) is 5.09. The van der Waals surface area contributed by atoms with Crippen molar-refractivity contribution >= 4 is 29.3 Å². The average molecular weight is 341 g/mol. The topological polar surface area (TPSA) is 72.9 Å². The largest absolute Gasteiger partial charge is 0.430 e. The van der Waals surface area contributed by atoms with Gasteiger partial charge in [0.15, 0.2) is 17.5 Å². The Morgan fingerprint density at radius 2 is 1.84 bits per heavy atom. The van der Waals surface area contributed by atoms with Gasteiger partial charge in [0.1, 0.15) is 5.76 Å². The highest BCUT2D eigenvalue weighted by Crippen LogP contribution is 2.19. The molecule has 1 atom stereocenters. The number of cyclic esters (lactones) is 1. The van der Waals surface area contributed by atoms with Crippen LogP contribution in [0.5, 0.6) is 0 Å². The fourth-order valence-electron chi connectivity index (χ4n) is 2.80. The summed E-state index contributed by atoms with van der Waals surface area (Å²) in [6.45, 7) is 4.65. The summed E-state index contributed by atoms with van der Waals surface area (Å²) in [5, 5.41) is 0. The van der Waals surface area contributed by atoms with Crippen molar-refractivity contribution in [2.45, 2.75) is 6.92 Å². The lowest BCUT2D eigenvalue weighted by Crippen LogP contribution is -2.36. The van der Waals surface area contributed by atoms with Gasteiger partial charge in [-0.1, -0.05) is 18.2 Å². The molecule has 0 aromatic heterocycles. The van der Waals surface area contributed by atoms with Crippen molar-refractivity contribution in [1.29, 1.82) is 0 Å². The number of benzene rings is 1. The number of allylic oxidation sites excluding steroid dienone is 3. The Morgan fingerprint density at radius 1 is 1.16 bits per heavy atom. The Labute approximate surface area is 145 Å². The van der Waals surface area contributed by atoms with E-state index in [0.29, 0.717) is 0 Å². The highest BCUT2D eigenvalue weighted by Gasteiger charge is 2.36. The van der Waals surface area contributed by atoms with E-state index < -0.39 is 23.5 Å². The third kappa shape index (κ3) is 4.03. The number of ether oxygens (including phenoxy) is 2. The van der Waals surface area contributed by atoms with Crippen LogP contribution >= 0.6 is 0 Å². The molecule has 0 bridgehead atoms. The molecule has 0 N–H and O–H groups in total. The third-order valence-electron chi connectivity index (χ3n) is 4.12. The first kappa shape index (κ1) is 17.1. The summed E-state index contributed by atoms with van der Waals surface area (Å²) in [4.78, 5) is 38.0. The van der Waals surface area contributed by atoms with Crippen LogP contribution in [0.4, 0.5) is 5.69 Å². The van der Waals surface area contributed by atoms with E-state index in [1.54, 1.807) is 6.08 Å². The fourth-order valence-corrected chi connectivity index (χ4v) is 2.80. The first-order valence-electron chi connectivity index (χ1n) is 8.13. The molecule has 1 fully saturated rings. The minimum atomic E-state index is -1.40. The number of ketones is 2. The van der Waals surface area contributed by atoms with Gasteiger partial charge in [0.2, 0.25) is 0 Å². The lowest BCUT2D eigenvalue weighted by atomic mass is 9.96. The monoisotopic (exact) mass is 341 g/mol. The molecule has 1 saturated heterocycles. The van der Waals surface area contributed by atoms with Crippen LogP contribution < -0.4 is 4.90 Å². The maximum atomic E-state index is 12.2. The molecule has 6 heteroatoms. The van der Waals surface area contributed by atoms with Crippen LogP contribution in [0, 0.1) is 5.92 Å². The molecular formula is C19H19NO5. The normalized spacial score (nSPS) is 21.2. The molecule has 1 aromatic rings. The van der Waals surface area contributed by atoms with Crippen molar-refractivity contribution in [3.8, 4) is 0 Å². The molecule has 0 radical (unpaired) electrons. The fraction of sp³-hybridized carbons (Fsp3) is 0.316. The maximum Gasteiger partial charge on any atom is 0.329 e. The minimum absolute atomic E-state index is 0.210. The summed E-state index contributed by atoms with van der Waals surface area (Å²) in [5.74, 6) is -3.11. The molecule has 0 amide bonds. The van der Waals surface area contributed by atoms with Crippen molar-refractivity contribution in [2.24, 2.45) is 5.92 Å². The van der Waals surface area contributed by atoms with Gasteiger partial charge < -0.3 is 14.4 Å². The van der Waals surface area contributed by atoms with Gasteiger partial charge in [-0.25, -0.2) is 0 Å². The van der Waals surface area contributed by atoms with Crippen molar-refractivity contribution in [3.05, 3.63) is 47.7 Å². The smallest absolute Gasteiger partial charge is 0.329 e. The van der Waals surface area contributed by atoms with E-state index in [1.165, 1.54) is 19.1 Å². The van der Waals surface area contributed by atoms with E-state index in [2.05, 4.69) is 4.90 Å². The van der Waals surface area contributed by atoms with Gasteiger partial charge in [-0.3, -0.25) is 14.4 Å². The predicted molar refractivity (Wildman–Crippen MR) is 91.9 cm³/mol. The molecule has 1 aromatic carbocycles. The zero-order valence-corrected chi connectivity index (χ0v) is 13.9. The summed E-state index contributed by atoms with van der Waals surface area (Å²) in [5.41, 5.74) is 1.91. The van der Waals surface area contributed by atoms with Crippen LogP contribution in [0.1, 0.15) is 12.5 Å². The van der Waals surface area contributed by atoms with Gasteiger partial charge in [0.25, 0.3) is 0 Å². The summed E-state index contributed by atoms with van der Waals surface area (Å²) in [7, 11) is 0. The van der Waals surface area contributed by atoms with Gasteiger partial charge >= 0.3 is 5.97 Å². The zero-order chi connectivity index (χ0) is 17.8. The third-order valence-corrected chi connectivity index (χ3v) is 4.12. The minimum Gasteiger partial charge on any atom is -0.430 e. The molecule has 0 aliphatic carbocycles. The van der Waals surface area contributed by atoms with E-state index >= 15 is 0 Å². The quantitative estimate of drug-likeness (QED) is 0.472. The summed E-state index contributed by atoms with van der Waals surface area (Å²) >= 11 is 0. The molecule has 130 valence electrons. The van der Waals surface area contributed by atoms with Crippen LogP contribution in [0.2, 0.25) is 0 Å². The standard InChI is InChI=1S/C19H19NO5/c1-13-12-17(22)18(19(23)25-13)16(21)7-4-14-2-5-15(6-3-14)20-8-10-24-11-9-20/h2-7,12,18H,8-11H2,1H3/b7-4+. The lowest BCUT2D eigenvalue weighted by Gasteiger charge is -2.28. The average Bonchev–Trinajstić information content (AvgIpc) is 2.60. The van der Waals surface area contributed by atoms with Gasteiger partial charge in [-0.05, 0) is 30.7 Å². The molecule has 0 spiro atoms. The second kappa shape index (κ2) is 7.44. The molecule has 1 unspecified atom stereocenters. The number of nitrogens with zero attached hydrogens (tertiary/aromatic N) is 1. The first-order chi connectivity index (χ1) is 12.0. The summed E-state index contributed by atoms with van der Waals surface area (Å²) in [6.07, 6.45) is 4.02. The molecule has 0 saturated carbocycles. The number of anilines is 1. The van der Waals surface area contributed by atoms with Crippen molar-refractivity contribution in [1.82, 2.24) is 0 Å². The Bertz CT molecular complexity index is 742. The molecule has 25 heavy (non-hydrogen) atoms.